The van der Waals surface area contributed by atoms with Crippen molar-refractivity contribution in [2.75, 3.05) is 11.0 Å². The van der Waals surface area contributed by atoms with E-state index in [1.54, 1.807) is 0 Å². The monoisotopic (exact) mass is 420 g/mol. The molecule has 0 fully saturated rings. The third kappa shape index (κ3) is 4.90. The van der Waals surface area contributed by atoms with Crippen molar-refractivity contribution >= 4 is 27.5 Å². The fraction of sp³-hybridized carbons (Fsp3) is 0.429. The van der Waals surface area contributed by atoms with Gasteiger partial charge in [-0.1, -0.05) is 0 Å². The summed E-state index contributed by atoms with van der Waals surface area (Å²) >= 11 is -0.249. The van der Waals surface area contributed by atoms with E-state index in [2.05, 4.69) is 40.2 Å². The summed E-state index contributed by atoms with van der Waals surface area (Å²) in [5, 5.41) is 8.92. The van der Waals surface area contributed by atoms with Crippen molar-refractivity contribution in [1.82, 2.24) is 12.7 Å². The molecule has 2 atom stereocenters. The summed E-state index contributed by atoms with van der Waals surface area (Å²) in [5.41, 5.74) is 0.918. The Morgan fingerprint density at radius 2 is 2.33 bits per heavy atom. The van der Waals surface area contributed by atoms with Crippen molar-refractivity contribution < 1.29 is 31.4 Å². The standard InChI is InChI=1S/C14H20IN3O2P/c1-3-15-18(10-13(19)20)9-11-8-17-7-6-14(2,21)5-4-12(17)16-11/h4-8H,3,9-10,21H2,1-2H3,(H,19,20)/q-1. The molecule has 0 amide bonds. The molecular formula is C14H20IN3O2P-. The first-order valence-electron chi connectivity index (χ1n) is 6.71. The van der Waals surface area contributed by atoms with Crippen LogP contribution < -0.4 is 21.5 Å². The van der Waals surface area contributed by atoms with Crippen molar-refractivity contribution in [3.8, 4) is 0 Å². The number of fused-ring (bicyclic) bond motifs is 1. The van der Waals surface area contributed by atoms with E-state index in [0.29, 0.717) is 6.54 Å². The zero-order valence-electron chi connectivity index (χ0n) is 12.2. The van der Waals surface area contributed by atoms with Gasteiger partial charge in [0, 0.05) is 0 Å². The molecule has 21 heavy (non-hydrogen) atoms. The molecular weight excluding hydrogens is 400 g/mol. The number of nitrogens with zero attached hydrogens (tertiary/aromatic N) is 3. The second kappa shape index (κ2) is 7.03. The van der Waals surface area contributed by atoms with Gasteiger partial charge in [-0.15, -0.1) is 0 Å². The number of alkyl halides is 1. The van der Waals surface area contributed by atoms with E-state index < -0.39 is 5.97 Å². The quantitative estimate of drug-likeness (QED) is 0.276. The number of halogens is 1. The summed E-state index contributed by atoms with van der Waals surface area (Å²) in [7, 11) is 2.80. The Hall–Kier alpha value is -0.720. The van der Waals surface area contributed by atoms with Crippen LogP contribution in [0.3, 0.4) is 0 Å². The first-order valence-corrected chi connectivity index (χ1v) is 9.78. The van der Waals surface area contributed by atoms with Crippen LogP contribution in [-0.2, 0) is 11.3 Å². The summed E-state index contributed by atoms with van der Waals surface area (Å²) in [5.74, 6) is 0.111. The maximum atomic E-state index is 10.9. The second-order valence-corrected chi connectivity index (χ2v) is 9.89. The van der Waals surface area contributed by atoms with Crippen molar-refractivity contribution in [1.29, 1.82) is 0 Å². The minimum absolute atomic E-state index is 0.0517. The first kappa shape index (κ1) is 16.6. The topological polar surface area (TPSA) is 58.4 Å². The maximum absolute atomic E-state index is 10.9. The fourth-order valence-electron chi connectivity index (χ4n) is 1.96. The van der Waals surface area contributed by atoms with Crippen molar-refractivity contribution in [2.45, 2.75) is 25.5 Å². The van der Waals surface area contributed by atoms with Gasteiger partial charge in [-0.05, 0) is 0 Å². The summed E-state index contributed by atoms with van der Waals surface area (Å²) in [6, 6.07) is 0. The fourth-order valence-corrected chi connectivity index (χ4v) is 4.23. The zero-order chi connectivity index (χ0) is 15.5. The van der Waals surface area contributed by atoms with Gasteiger partial charge in [0.15, 0.2) is 0 Å². The van der Waals surface area contributed by atoms with Crippen LogP contribution in [0.1, 0.15) is 25.4 Å². The van der Waals surface area contributed by atoms with Crippen LogP contribution in [0.15, 0.2) is 18.3 Å². The Morgan fingerprint density at radius 1 is 1.57 bits per heavy atom. The molecule has 0 saturated heterocycles. The van der Waals surface area contributed by atoms with E-state index in [-0.39, 0.29) is 33.2 Å². The number of allylic oxidation sites excluding steroid dienone is 2. The van der Waals surface area contributed by atoms with Gasteiger partial charge in [-0.2, -0.15) is 0 Å². The Balaban J connectivity index is 2.13. The molecule has 0 radical (unpaired) electrons. The normalized spacial score (nSPS) is 20.8. The number of hydrogen-bond acceptors (Lipinski definition) is 3. The van der Waals surface area contributed by atoms with Gasteiger partial charge in [0.05, 0.1) is 0 Å². The van der Waals surface area contributed by atoms with Crippen molar-refractivity contribution in [2.24, 2.45) is 0 Å². The summed E-state index contributed by atoms with van der Waals surface area (Å²) in [4.78, 5) is 15.5. The number of rotatable bonds is 6. The van der Waals surface area contributed by atoms with Crippen LogP contribution in [0.5, 0.6) is 0 Å². The van der Waals surface area contributed by atoms with E-state index in [0.717, 1.165) is 15.9 Å². The summed E-state index contributed by atoms with van der Waals surface area (Å²) in [6.07, 6.45) is 10.2. The number of aliphatic carboxylic acids is 1. The molecule has 0 spiro atoms. The molecule has 7 heteroatoms. The van der Waals surface area contributed by atoms with E-state index in [1.807, 2.05) is 26.2 Å². The molecule has 0 bridgehead atoms. The molecule has 1 aromatic rings. The van der Waals surface area contributed by atoms with Crippen LogP contribution >= 0.6 is 9.24 Å². The number of aromatic nitrogens is 2. The summed E-state index contributed by atoms with van der Waals surface area (Å²) < 4.78 is 5.03. The van der Waals surface area contributed by atoms with E-state index in [1.165, 1.54) is 0 Å². The Kier molecular flexibility index (Phi) is 5.57. The molecule has 0 aliphatic carbocycles. The first-order chi connectivity index (χ1) is 9.89. The number of hydrogen-bond donors (Lipinski definition) is 1. The number of carboxylic acid groups (broad SMARTS) is 1. The second-order valence-electron chi connectivity index (χ2n) is 5.07. The molecule has 0 aromatic carbocycles. The average molecular weight is 420 g/mol. The third-order valence-electron chi connectivity index (χ3n) is 2.93. The molecule has 1 aromatic heterocycles. The Labute approximate surface area is 137 Å². The molecule has 2 heterocycles. The average Bonchev–Trinajstić information content (AvgIpc) is 2.70. The Bertz CT molecular complexity index is 547. The van der Waals surface area contributed by atoms with Crippen LogP contribution in [0.25, 0.3) is 12.3 Å². The van der Waals surface area contributed by atoms with Crippen molar-refractivity contribution in [3.63, 3.8) is 0 Å². The van der Waals surface area contributed by atoms with E-state index in [4.69, 9.17) is 5.11 Å². The SMILES string of the molecule is CC[I-]N(CC(=O)O)Cc1cn2c(n1)C=CC(C)(P)C=C2. The van der Waals surface area contributed by atoms with Gasteiger partial charge in [-0.25, -0.2) is 0 Å². The molecule has 1 N–H and O–H groups in total. The molecule has 116 valence electrons. The van der Waals surface area contributed by atoms with Crippen LogP contribution in [0, 0.1) is 0 Å². The van der Waals surface area contributed by atoms with Crippen LogP contribution in [0.2, 0.25) is 0 Å². The van der Waals surface area contributed by atoms with E-state index >= 15 is 0 Å². The molecule has 5 nitrogen and oxygen atoms in total. The summed E-state index contributed by atoms with van der Waals surface area (Å²) in [6.45, 7) is 4.90. The van der Waals surface area contributed by atoms with Gasteiger partial charge < -0.3 is 0 Å². The molecule has 0 saturated carbocycles. The van der Waals surface area contributed by atoms with Gasteiger partial charge in [0.25, 0.3) is 0 Å². The Morgan fingerprint density at radius 3 is 3.00 bits per heavy atom. The molecule has 1 aliphatic rings. The van der Waals surface area contributed by atoms with Gasteiger partial charge in [0.2, 0.25) is 0 Å². The number of imidazole rings is 1. The number of carbonyl (C=O) groups is 1. The van der Waals surface area contributed by atoms with Crippen molar-refractivity contribution in [3.05, 3.63) is 29.9 Å². The van der Waals surface area contributed by atoms with Gasteiger partial charge >= 0.3 is 138 Å². The van der Waals surface area contributed by atoms with Gasteiger partial charge in [0.1, 0.15) is 0 Å². The van der Waals surface area contributed by atoms with Crippen LogP contribution in [-0.4, -0.2) is 39.9 Å². The predicted octanol–water partition coefficient (Wildman–Crippen LogP) is -1.08. The predicted molar refractivity (Wildman–Crippen MR) is 83.3 cm³/mol. The molecule has 2 rings (SSSR count). The molecule has 2 unspecified atom stereocenters. The minimum atomic E-state index is -0.775. The van der Waals surface area contributed by atoms with Crippen LogP contribution in [0.4, 0.5) is 0 Å². The third-order valence-corrected chi connectivity index (χ3v) is 5.64. The zero-order valence-corrected chi connectivity index (χ0v) is 15.5. The number of carboxylic acids is 1. The molecule has 1 aliphatic heterocycles. The van der Waals surface area contributed by atoms with E-state index in [9.17, 15) is 4.79 Å². The van der Waals surface area contributed by atoms with Gasteiger partial charge in [-0.3, -0.25) is 0 Å².